The summed E-state index contributed by atoms with van der Waals surface area (Å²) in [5, 5.41) is 2.84. The van der Waals surface area contributed by atoms with Crippen molar-refractivity contribution in [2.24, 2.45) is 0 Å². The number of hydrogen-bond acceptors (Lipinski definition) is 5. The summed E-state index contributed by atoms with van der Waals surface area (Å²) in [6.07, 6.45) is 3.75. The third-order valence-corrected chi connectivity index (χ3v) is 3.99. The minimum atomic E-state index is -0.273. The number of amides is 1. The van der Waals surface area contributed by atoms with Crippen molar-refractivity contribution in [1.82, 2.24) is 24.8 Å². The number of fused-ring (bicyclic) bond motifs is 1. The molecule has 0 atom stereocenters. The van der Waals surface area contributed by atoms with Gasteiger partial charge in [-0.3, -0.25) is 4.79 Å². The van der Waals surface area contributed by atoms with Gasteiger partial charge in [-0.15, -0.1) is 0 Å². The molecular weight excluding hydrogens is 323 g/mol. The summed E-state index contributed by atoms with van der Waals surface area (Å²) >= 11 is 0. The zero-order chi connectivity index (χ0) is 18.0. The minimum Gasteiger partial charge on any atom is -0.382 e. The Labute approximate surface area is 144 Å². The highest BCUT2D eigenvalue weighted by molar-refractivity contribution is 5.94. The minimum absolute atomic E-state index is 0.215. The summed E-state index contributed by atoms with van der Waals surface area (Å²) in [6.45, 7) is 4.41. The molecule has 3 aromatic rings. The molecular formula is C17H19FN6O. The topological polar surface area (TPSA) is 98.7 Å². The van der Waals surface area contributed by atoms with Crippen molar-refractivity contribution in [3.05, 3.63) is 47.3 Å². The van der Waals surface area contributed by atoms with Crippen LogP contribution in [0.15, 0.2) is 24.8 Å². The highest BCUT2D eigenvalue weighted by Crippen LogP contribution is 2.15. The van der Waals surface area contributed by atoms with E-state index in [0.29, 0.717) is 53.2 Å². The van der Waals surface area contributed by atoms with E-state index in [1.165, 1.54) is 6.33 Å². The highest BCUT2D eigenvalue weighted by atomic mass is 19.1. The number of rotatable bonds is 5. The van der Waals surface area contributed by atoms with Crippen molar-refractivity contribution in [2.75, 3.05) is 12.3 Å². The van der Waals surface area contributed by atoms with E-state index in [1.807, 2.05) is 4.57 Å². The molecule has 0 aliphatic heterocycles. The molecule has 3 rings (SSSR count). The van der Waals surface area contributed by atoms with Crippen LogP contribution in [-0.2, 0) is 6.54 Å². The number of nitrogens with two attached hydrogens (primary N) is 1. The van der Waals surface area contributed by atoms with Crippen LogP contribution in [0.4, 0.5) is 10.2 Å². The molecule has 1 aromatic carbocycles. The number of imidazole rings is 1. The SMILES string of the molecule is Cc1cc(C(=O)NCCCn2cnc3c(N)ncnc32)cc(C)c1F. The largest absolute Gasteiger partial charge is 0.382 e. The van der Waals surface area contributed by atoms with E-state index in [1.54, 1.807) is 32.3 Å². The van der Waals surface area contributed by atoms with E-state index in [4.69, 9.17) is 5.73 Å². The Bertz CT molecular complexity index is 913. The summed E-state index contributed by atoms with van der Waals surface area (Å²) in [4.78, 5) is 24.5. The molecule has 2 aromatic heterocycles. The number of anilines is 1. The summed E-state index contributed by atoms with van der Waals surface area (Å²) in [5.74, 6) is -0.142. The van der Waals surface area contributed by atoms with Crippen LogP contribution >= 0.6 is 0 Å². The first-order valence-electron chi connectivity index (χ1n) is 7.93. The van der Waals surface area contributed by atoms with Crippen molar-refractivity contribution in [3.63, 3.8) is 0 Å². The molecule has 2 heterocycles. The maximum atomic E-state index is 13.6. The summed E-state index contributed by atoms with van der Waals surface area (Å²) < 4.78 is 15.5. The highest BCUT2D eigenvalue weighted by Gasteiger charge is 2.11. The third kappa shape index (κ3) is 3.42. The standard InChI is InChI=1S/C17H19FN6O/c1-10-6-12(7-11(2)13(10)18)17(25)20-4-3-5-24-9-23-14-15(19)21-8-22-16(14)24/h6-9H,3-5H2,1-2H3,(H,20,25)(H2,19,21,22). The molecule has 130 valence electrons. The fourth-order valence-electron chi connectivity index (χ4n) is 2.69. The average Bonchev–Trinajstić information content (AvgIpc) is 3.00. The lowest BCUT2D eigenvalue weighted by Crippen LogP contribution is -2.25. The lowest BCUT2D eigenvalue weighted by Gasteiger charge is -2.09. The molecule has 0 bridgehead atoms. The molecule has 1 amide bonds. The van der Waals surface area contributed by atoms with Gasteiger partial charge in [-0.1, -0.05) is 0 Å². The first kappa shape index (κ1) is 16.8. The Morgan fingerprint density at radius 3 is 2.68 bits per heavy atom. The second kappa shape index (κ2) is 6.84. The van der Waals surface area contributed by atoms with Gasteiger partial charge in [-0.2, -0.15) is 0 Å². The van der Waals surface area contributed by atoms with E-state index >= 15 is 0 Å². The summed E-state index contributed by atoms with van der Waals surface area (Å²) in [5.41, 5.74) is 8.39. The number of carbonyl (C=O) groups excluding carboxylic acids is 1. The zero-order valence-corrected chi connectivity index (χ0v) is 14.1. The normalized spacial score (nSPS) is 11.0. The van der Waals surface area contributed by atoms with Gasteiger partial charge in [0, 0.05) is 18.7 Å². The van der Waals surface area contributed by atoms with Crippen LogP contribution in [-0.4, -0.2) is 32.0 Å². The van der Waals surface area contributed by atoms with Gasteiger partial charge in [-0.25, -0.2) is 19.3 Å². The Hall–Kier alpha value is -3.03. The predicted octanol–water partition coefficient (Wildman–Crippen LogP) is 1.98. The first-order valence-corrected chi connectivity index (χ1v) is 7.93. The first-order chi connectivity index (χ1) is 12.0. The molecule has 25 heavy (non-hydrogen) atoms. The van der Waals surface area contributed by atoms with Gasteiger partial charge in [0.15, 0.2) is 11.5 Å². The van der Waals surface area contributed by atoms with E-state index in [9.17, 15) is 9.18 Å². The van der Waals surface area contributed by atoms with Crippen molar-refractivity contribution in [1.29, 1.82) is 0 Å². The molecule has 0 unspecified atom stereocenters. The van der Waals surface area contributed by atoms with Crippen LogP contribution in [0.5, 0.6) is 0 Å². The Balaban J connectivity index is 1.58. The number of benzene rings is 1. The van der Waals surface area contributed by atoms with E-state index < -0.39 is 0 Å². The monoisotopic (exact) mass is 342 g/mol. The van der Waals surface area contributed by atoms with Crippen molar-refractivity contribution < 1.29 is 9.18 Å². The lowest BCUT2D eigenvalue weighted by atomic mass is 10.1. The number of carbonyl (C=O) groups is 1. The van der Waals surface area contributed by atoms with Gasteiger partial charge >= 0.3 is 0 Å². The number of nitrogen functional groups attached to an aromatic ring is 1. The van der Waals surface area contributed by atoms with E-state index in [2.05, 4.69) is 20.3 Å². The molecule has 7 nitrogen and oxygen atoms in total. The third-order valence-electron chi connectivity index (χ3n) is 3.99. The van der Waals surface area contributed by atoms with Gasteiger partial charge in [0.05, 0.1) is 6.33 Å². The molecule has 0 saturated heterocycles. The number of nitrogens with zero attached hydrogens (tertiary/aromatic N) is 4. The predicted molar refractivity (Wildman–Crippen MR) is 92.6 cm³/mol. The maximum Gasteiger partial charge on any atom is 0.251 e. The maximum absolute atomic E-state index is 13.6. The van der Waals surface area contributed by atoms with Crippen LogP contribution in [0.1, 0.15) is 27.9 Å². The summed E-state index contributed by atoms with van der Waals surface area (Å²) in [6, 6.07) is 3.11. The lowest BCUT2D eigenvalue weighted by molar-refractivity contribution is 0.0952. The van der Waals surface area contributed by atoms with E-state index in [0.717, 1.165) is 0 Å². The molecule has 0 aliphatic carbocycles. The number of aromatic nitrogens is 4. The molecule has 3 N–H and O–H groups in total. The fraction of sp³-hybridized carbons (Fsp3) is 0.294. The van der Waals surface area contributed by atoms with Crippen LogP contribution in [0, 0.1) is 19.7 Å². The molecule has 0 radical (unpaired) electrons. The van der Waals surface area contributed by atoms with Crippen LogP contribution in [0.3, 0.4) is 0 Å². The molecule has 8 heteroatoms. The Kier molecular flexibility index (Phi) is 4.60. The Morgan fingerprint density at radius 2 is 1.96 bits per heavy atom. The van der Waals surface area contributed by atoms with Crippen molar-refractivity contribution in [2.45, 2.75) is 26.8 Å². The fourth-order valence-corrected chi connectivity index (χ4v) is 2.69. The summed E-state index contributed by atoms with van der Waals surface area (Å²) in [7, 11) is 0. The molecule has 0 spiro atoms. The smallest absolute Gasteiger partial charge is 0.251 e. The van der Waals surface area contributed by atoms with Crippen LogP contribution in [0.2, 0.25) is 0 Å². The van der Waals surface area contributed by atoms with Gasteiger partial charge in [0.1, 0.15) is 17.7 Å². The second-order valence-electron chi connectivity index (χ2n) is 5.90. The molecule has 0 saturated carbocycles. The van der Waals surface area contributed by atoms with Crippen LogP contribution < -0.4 is 11.1 Å². The quantitative estimate of drug-likeness (QED) is 0.691. The van der Waals surface area contributed by atoms with Gasteiger partial charge < -0.3 is 15.6 Å². The van der Waals surface area contributed by atoms with Gasteiger partial charge in [0.25, 0.3) is 5.91 Å². The Morgan fingerprint density at radius 1 is 1.24 bits per heavy atom. The number of nitrogens with one attached hydrogen (secondary N) is 1. The molecule has 0 aliphatic rings. The second-order valence-corrected chi connectivity index (χ2v) is 5.90. The molecule has 0 fully saturated rings. The number of hydrogen-bond donors (Lipinski definition) is 2. The number of halogens is 1. The van der Waals surface area contributed by atoms with Crippen molar-refractivity contribution in [3.8, 4) is 0 Å². The van der Waals surface area contributed by atoms with Crippen molar-refractivity contribution >= 4 is 22.9 Å². The zero-order valence-electron chi connectivity index (χ0n) is 14.1. The van der Waals surface area contributed by atoms with Crippen LogP contribution in [0.25, 0.3) is 11.2 Å². The average molecular weight is 342 g/mol. The van der Waals surface area contributed by atoms with E-state index in [-0.39, 0.29) is 11.7 Å². The van der Waals surface area contributed by atoms with Gasteiger partial charge in [0.2, 0.25) is 0 Å². The van der Waals surface area contributed by atoms with Gasteiger partial charge in [-0.05, 0) is 43.5 Å². The number of aryl methyl sites for hydroxylation is 3.